The maximum atomic E-state index is 13.5. The fraction of sp³-hybridized carbons (Fsp3) is 0.471. The highest BCUT2D eigenvalue weighted by atomic mass is 35.5. The van der Waals surface area contributed by atoms with Gasteiger partial charge in [0.2, 0.25) is 11.7 Å². The summed E-state index contributed by atoms with van der Waals surface area (Å²) in [5.41, 5.74) is -0.152. The number of hydrogen-bond donors (Lipinski definition) is 0. The van der Waals surface area contributed by atoms with Crippen molar-refractivity contribution in [3.05, 3.63) is 45.4 Å². The Labute approximate surface area is 162 Å². The van der Waals surface area contributed by atoms with Crippen molar-refractivity contribution < 1.29 is 18.4 Å². The smallest absolute Gasteiger partial charge is 0.335 e. The minimum Gasteiger partial charge on any atom is -0.335 e. The predicted octanol–water partition coefficient (Wildman–Crippen LogP) is 1.53. The molecule has 0 N–H and O–H groups in total. The van der Waals surface area contributed by atoms with Crippen molar-refractivity contribution in [2.24, 2.45) is 0 Å². The van der Waals surface area contributed by atoms with Crippen molar-refractivity contribution in [1.82, 2.24) is 24.2 Å². The lowest BCUT2D eigenvalue weighted by molar-refractivity contribution is -0.135. The van der Waals surface area contributed by atoms with Gasteiger partial charge in [0.25, 0.3) is 5.92 Å². The van der Waals surface area contributed by atoms with E-state index in [2.05, 4.69) is 10.1 Å². The summed E-state index contributed by atoms with van der Waals surface area (Å²) in [6, 6.07) is 2.21. The molecule has 0 bridgehead atoms. The number of aromatic nitrogens is 4. The van der Waals surface area contributed by atoms with Gasteiger partial charge in [0.1, 0.15) is 6.04 Å². The van der Waals surface area contributed by atoms with Crippen molar-refractivity contribution in [3.63, 3.8) is 0 Å². The quantitative estimate of drug-likeness (QED) is 0.764. The van der Waals surface area contributed by atoms with Crippen molar-refractivity contribution >= 4 is 23.3 Å². The van der Waals surface area contributed by atoms with E-state index in [1.807, 2.05) is 0 Å². The van der Waals surface area contributed by atoms with Crippen molar-refractivity contribution in [1.29, 1.82) is 0 Å². The zero-order valence-corrected chi connectivity index (χ0v) is 15.4. The molecule has 4 heterocycles. The Kier molecular flexibility index (Phi) is 4.53. The third-order valence-corrected chi connectivity index (χ3v) is 5.17. The first-order valence-electron chi connectivity index (χ1n) is 8.75. The second-order valence-electron chi connectivity index (χ2n) is 6.94. The van der Waals surface area contributed by atoms with E-state index in [9.17, 15) is 23.2 Å². The summed E-state index contributed by atoms with van der Waals surface area (Å²) in [5, 5.41) is 4.50. The summed E-state index contributed by atoms with van der Waals surface area (Å²) in [6.07, 6.45) is 1.12. The molecule has 0 spiro atoms. The second-order valence-corrected chi connectivity index (χ2v) is 7.38. The van der Waals surface area contributed by atoms with Gasteiger partial charge in [-0.05, 0) is 18.6 Å². The summed E-state index contributed by atoms with van der Waals surface area (Å²) >= 11 is 5.79. The van der Waals surface area contributed by atoms with Crippen LogP contribution in [0.5, 0.6) is 0 Å². The minimum atomic E-state index is -2.93. The number of carbonyl (C=O) groups excluding carboxylic acids is 2. The normalized spacial score (nSPS) is 21.0. The molecule has 0 radical (unpaired) electrons. The highest BCUT2D eigenvalue weighted by molar-refractivity contribution is 6.30. The number of hydrogen-bond acceptors (Lipinski definition) is 5. The maximum absolute atomic E-state index is 13.5. The Bertz CT molecular complexity index is 1000. The number of rotatable bonds is 3. The summed E-state index contributed by atoms with van der Waals surface area (Å²) in [7, 11) is 0. The number of likely N-dealkylation sites (tertiary alicyclic amines) is 1. The zero-order valence-electron chi connectivity index (χ0n) is 14.6. The van der Waals surface area contributed by atoms with Gasteiger partial charge in [0.05, 0.1) is 23.8 Å². The fourth-order valence-corrected chi connectivity index (χ4v) is 3.64. The fourth-order valence-electron chi connectivity index (χ4n) is 3.53. The first kappa shape index (κ1) is 18.7. The van der Waals surface area contributed by atoms with E-state index < -0.39 is 36.5 Å². The highest BCUT2D eigenvalue weighted by Crippen LogP contribution is 2.31. The number of fused-ring (bicyclic) bond motifs is 1. The van der Waals surface area contributed by atoms with Gasteiger partial charge in [-0.15, -0.1) is 5.10 Å². The Hall–Kier alpha value is -2.62. The second kappa shape index (κ2) is 6.77. The average molecular weight is 412 g/mol. The zero-order chi connectivity index (χ0) is 20.1. The lowest BCUT2D eigenvalue weighted by atomic mass is 10.0. The molecule has 1 fully saturated rings. The Balaban J connectivity index is 1.66. The molecule has 148 valence electrons. The number of pyridine rings is 1. The number of ketones is 1. The number of nitrogens with zero attached hydrogens (tertiary/aromatic N) is 5. The lowest BCUT2D eigenvalue weighted by Gasteiger charge is -2.26. The van der Waals surface area contributed by atoms with Crippen molar-refractivity contribution in [2.75, 3.05) is 13.1 Å². The van der Waals surface area contributed by atoms with Crippen LogP contribution in [0.15, 0.2) is 23.1 Å². The lowest BCUT2D eigenvalue weighted by Crippen LogP contribution is -2.43. The molecular weight excluding hydrogens is 396 g/mol. The van der Waals surface area contributed by atoms with Gasteiger partial charge in [-0.1, -0.05) is 11.6 Å². The monoisotopic (exact) mass is 411 g/mol. The summed E-state index contributed by atoms with van der Waals surface area (Å²) in [4.78, 5) is 43.0. The molecule has 1 unspecified atom stereocenters. The van der Waals surface area contributed by atoms with E-state index in [1.165, 1.54) is 6.20 Å². The molecule has 1 atom stereocenters. The molecule has 1 saturated heterocycles. The van der Waals surface area contributed by atoms with Gasteiger partial charge in [-0.3, -0.25) is 19.1 Å². The van der Waals surface area contributed by atoms with Crippen LogP contribution in [0.2, 0.25) is 5.02 Å². The molecule has 2 aliphatic heterocycles. The van der Waals surface area contributed by atoms with Crippen LogP contribution in [-0.4, -0.2) is 54.9 Å². The predicted molar refractivity (Wildman–Crippen MR) is 93.6 cm³/mol. The molecule has 2 aromatic heterocycles. The van der Waals surface area contributed by atoms with Gasteiger partial charge in [0.15, 0.2) is 5.78 Å². The summed E-state index contributed by atoms with van der Waals surface area (Å²) in [5.74, 6) is -4.01. The molecule has 4 rings (SSSR count). The van der Waals surface area contributed by atoms with E-state index in [-0.39, 0.29) is 37.5 Å². The third-order valence-electron chi connectivity index (χ3n) is 4.94. The highest BCUT2D eigenvalue weighted by Gasteiger charge is 2.44. The largest absolute Gasteiger partial charge is 0.347 e. The molecule has 8 nitrogen and oxygen atoms in total. The van der Waals surface area contributed by atoms with Crippen molar-refractivity contribution in [2.45, 2.75) is 37.8 Å². The maximum Gasteiger partial charge on any atom is 0.347 e. The summed E-state index contributed by atoms with van der Waals surface area (Å²) in [6.45, 7) is -0.766. The summed E-state index contributed by atoms with van der Waals surface area (Å²) < 4.78 is 29.0. The van der Waals surface area contributed by atoms with Gasteiger partial charge in [0, 0.05) is 25.6 Å². The van der Waals surface area contributed by atoms with Crippen LogP contribution >= 0.6 is 11.6 Å². The van der Waals surface area contributed by atoms with Crippen molar-refractivity contribution in [3.8, 4) is 0 Å². The topological polar surface area (TPSA) is 90.1 Å². The first-order valence-corrected chi connectivity index (χ1v) is 9.12. The Morgan fingerprint density at radius 1 is 1.32 bits per heavy atom. The molecule has 2 aromatic rings. The van der Waals surface area contributed by atoms with Crippen LogP contribution in [0.4, 0.5) is 8.78 Å². The van der Waals surface area contributed by atoms with E-state index in [0.29, 0.717) is 10.7 Å². The minimum absolute atomic E-state index is 0.00796. The van der Waals surface area contributed by atoms with E-state index in [4.69, 9.17) is 11.6 Å². The molecule has 0 aromatic carbocycles. The van der Waals surface area contributed by atoms with Crippen LogP contribution in [0.3, 0.4) is 0 Å². The van der Waals surface area contributed by atoms with E-state index in [0.717, 1.165) is 14.1 Å². The third kappa shape index (κ3) is 3.32. The standard InChI is InChI=1S/C17H16ClF2N5O3/c18-10-1-2-11(21-7-10)8-24-16(28)25-12(3-4-13(26)14(25)22-24)15(27)23-6-5-17(19,20)9-23/h1-2,7,12H,3-6,8-9H2. The number of alkyl halides is 2. The average Bonchev–Trinajstić information content (AvgIpc) is 3.18. The first-order chi connectivity index (χ1) is 13.2. The number of amides is 1. The molecule has 11 heteroatoms. The van der Waals surface area contributed by atoms with Crippen LogP contribution in [-0.2, 0) is 11.3 Å². The Morgan fingerprint density at radius 2 is 2.11 bits per heavy atom. The molecular formula is C17H16ClF2N5O3. The van der Waals surface area contributed by atoms with Crippen LogP contribution in [0.25, 0.3) is 0 Å². The van der Waals surface area contributed by atoms with E-state index >= 15 is 0 Å². The van der Waals surface area contributed by atoms with Crippen LogP contribution < -0.4 is 5.69 Å². The van der Waals surface area contributed by atoms with Crippen LogP contribution in [0, 0.1) is 0 Å². The van der Waals surface area contributed by atoms with Gasteiger partial charge < -0.3 is 4.90 Å². The Morgan fingerprint density at radius 3 is 2.75 bits per heavy atom. The van der Waals surface area contributed by atoms with Gasteiger partial charge >= 0.3 is 5.69 Å². The molecule has 1 amide bonds. The molecule has 0 aliphatic carbocycles. The molecule has 2 aliphatic rings. The number of carbonyl (C=O) groups is 2. The molecule has 0 saturated carbocycles. The molecule has 28 heavy (non-hydrogen) atoms. The van der Waals surface area contributed by atoms with Gasteiger partial charge in [-0.25, -0.2) is 18.3 Å². The van der Waals surface area contributed by atoms with Crippen LogP contribution in [0.1, 0.15) is 41.6 Å². The number of halogens is 3. The SMILES string of the molecule is O=C1CCC(C(=O)N2CCC(F)(F)C2)n2c1nn(Cc1ccc(Cl)cn1)c2=O. The number of Topliss-reactive ketones (excluding diaryl/α,β-unsaturated/α-hetero) is 1. The van der Waals surface area contributed by atoms with E-state index in [1.54, 1.807) is 12.1 Å². The van der Waals surface area contributed by atoms with Gasteiger partial charge in [-0.2, -0.15) is 0 Å².